The largest absolute Gasteiger partial charge is 0.360 e. The Hall–Kier alpha value is -1.64. The van der Waals surface area contributed by atoms with Gasteiger partial charge in [0.25, 0.3) is 0 Å². The van der Waals surface area contributed by atoms with Gasteiger partial charge in [-0.2, -0.15) is 0 Å². The highest BCUT2D eigenvalue weighted by Crippen LogP contribution is 2.33. The lowest BCUT2D eigenvalue weighted by Crippen LogP contribution is -2.18. The second-order valence-corrected chi connectivity index (χ2v) is 2.88. The molecule has 0 aromatic heterocycles. The van der Waals surface area contributed by atoms with Gasteiger partial charge < -0.3 is 4.84 Å². The minimum atomic E-state index is 0.215. The van der Waals surface area contributed by atoms with Crippen molar-refractivity contribution in [2.24, 2.45) is 16.1 Å². The number of oxime groups is 1. The molecule has 0 N–H and O–H groups in total. The SMILES string of the molecule is C1=CC2=CN=CC3=NOC(=C1)C23. The maximum absolute atomic E-state index is 5.14. The molecule has 0 aromatic rings. The van der Waals surface area contributed by atoms with E-state index >= 15 is 0 Å². The second-order valence-electron chi connectivity index (χ2n) is 2.88. The maximum atomic E-state index is 5.14. The van der Waals surface area contributed by atoms with Crippen molar-refractivity contribution in [3.8, 4) is 0 Å². The first-order valence-electron chi connectivity index (χ1n) is 3.81. The zero-order chi connectivity index (χ0) is 7.97. The van der Waals surface area contributed by atoms with Crippen molar-refractivity contribution < 1.29 is 4.84 Å². The zero-order valence-electron chi connectivity index (χ0n) is 6.27. The molecular weight excluding hydrogens is 152 g/mol. The lowest BCUT2D eigenvalue weighted by atomic mass is 9.89. The van der Waals surface area contributed by atoms with Crippen LogP contribution in [0.3, 0.4) is 0 Å². The Kier molecular flexibility index (Phi) is 0.961. The average molecular weight is 158 g/mol. The van der Waals surface area contributed by atoms with Crippen LogP contribution in [-0.2, 0) is 4.84 Å². The number of allylic oxidation sites excluding steroid dienone is 4. The van der Waals surface area contributed by atoms with Crippen molar-refractivity contribution in [2.75, 3.05) is 0 Å². The van der Waals surface area contributed by atoms with Gasteiger partial charge in [0.1, 0.15) is 11.5 Å². The van der Waals surface area contributed by atoms with Gasteiger partial charge in [0.15, 0.2) is 0 Å². The van der Waals surface area contributed by atoms with Gasteiger partial charge in [-0.05, 0) is 11.6 Å². The molecule has 2 heterocycles. The summed E-state index contributed by atoms with van der Waals surface area (Å²) in [6.45, 7) is 0. The lowest BCUT2D eigenvalue weighted by molar-refractivity contribution is 0.235. The highest BCUT2D eigenvalue weighted by Gasteiger charge is 2.33. The van der Waals surface area contributed by atoms with Crippen LogP contribution in [0.2, 0.25) is 0 Å². The van der Waals surface area contributed by atoms with Gasteiger partial charge in [-0.15, -0.1) is 0 Å². The van der Waals surface area contributed by atoms with Gasteiger partial charge in [-0.1, -0.05) is 17.3 Å². The summed E-state index contributed by atoms with van der Waals surface area (Å²) in [7, 11) is 0. The van der Waals surface area contributed by atoms with Crippen LogP contribution in [0.5, 0.6) is 0 Å². The van der Waals surface area contributed by atoms with Crippen molar-refractivity contribution >= 4 is 11.9 Å². The van der Waals surface area contributed by atoms with Gasteiger partial charge in [-0.3, -0.25) is 4.99 Å². The Bertz CT molecular complexity index is 385. The quantitative estimate of drug-likeness (QED) is 0.524. The van der Waals surface area contributed by atoms with Gasteiger partial charge >= 0.3 is 0 Å². The molecule has 3 heteroatoms. The van der Waals surface area contributed by atoms with E-state index in [9.17, 15) is 0 Å². The highest BCUT2D eigenvalue weighted by atomic mass is 16.6. The van der Waals surface area contributed by atoms with Gasteiger partial charge in [-0.25, -0.2) is 0 Å². The van der Waals surface area contributed by atoms with Crippen LogP contribution >= 0.6 is 0 Å². The number of hydrogen-bond donors (Lipinski definition) is 0. The predicted molar refractivity (Wildman–Crippen MR) is 45.8 cm³/mol. The smallest absolute Gasteiger partial charge is 0.148 e. The third kappa shape index (κ3) is 0.605. The molecule has 0 spiro atoms. The molecule has 1 unspecified atom stereocenters. The fourth-order valence-corrected chi connectivity index (χ4v) is 1.58. The van der Waals surface area contributed by atoms with Gasteiger partial charge in [0.2, 0.25) is 0 Å². The third-order valence-electron chi connectivity index (χ3n) is 2.15. The van der Waals surface area contributed by atoms with E-state index in [4.69, 9.17) is 4.84 Å². The normalized spacial score (nSPS) is 28.7. The Morgan fingerprint density at radius 3 is 3.42 bits per heavy atom. The molecule has 0 bridgehead atoms. The standard InChI is InChI=1S/C9H6N2O/c1-2-6-4-10-5-7-9(6)8(3-1)12-11-7/h1-5,9H. The summed E-state index contributed by atoms with van der Waals surface area (Å²) in [5, 5.41) is 3.92. The summed E-state index contributed by atoms with van der Waals surface area (Å²) in [5.41, 5.74) is 2.06. The Morgan fingerprint density at radius 1 is 1.42 bits per heavy atom. The highest BCUT2D eigenvalue weighted by molar-refractivity contribution is 6.34. The van der Waals surface area contributed by atoms with E-state index in [2.05, 4.69) is 10.1 Å². The average Bonchev–Trinajstić information content (AvgIpc) is 2.52. The van der Waals surface area contributed by atoms with Crippen LogP contribution in [0.15, 0.2) is 45.9 Å². The van der Waals surface area contributed by atoms with Crippen LogP contribution in [0, 0.1) is 5.92 Å². The molecule has 3 nitrogen and oxygen atoms in total. The third-order valence-corrected chi connectivity index (χ3v) is 2.15. The fourth-order valence-electron chi connectivity index (χ4n) is 1.58. The fraction of sp³-hybridized carbons (Fsp3) is 0.111. The summed E-state index contributed by atoms with van der Waals surface area (Å²) < 4.78 is 0. The van der Waals surface area contributed by atoms with Crippen molar-refractivity contribution in [2.45, 2.75) is 0 Å². The van der Waals surface area contributed by atoms with Gasteiger partial charge in [0.05, 0.1) is 12.1 Å². The molecule has 3 aliphatic rings. The monoisotopic (exact) mass is 158 g/mol. The number of nitrogens with zero attached hydrogens (tertiary/aromatic N) is 2. The second kappa shape index (κ2) is 1.94. The van der Waals surface area contributed by atoms with Crippen LogP contribution in [0.25, 0.3) is 0 Å². The minimum absolute atomic E-state index is 0.215. The molecule has 0 aromatic carbocycles. The van der Waals surface area contributed by atoms with Crippen LogP contribution < -0.4 is 0 Å². The Labute approximate surface area is 69.4 Å². The summed E-state index contributed by atoms with van der Waals surface area (Å²) in [6.07, 6.45) is 9.53. The molecule has 0 saturated heterocycles. The first-order chi connectivity index (χ1) is 5.95. The van der Waals surface area contributed by atoms with Crippen molar-refractivity contribution in [1.82, 2.24) is 0 Å². The molecule has 0 radical (unpaired) electrons. The van der Waals surface area contributed by atoms with Crippen LogP contribution in [0.1, 0.15) is 0 Å². The maximum Gasteiger partial charge on any atom is 0.148 e. The topological polar surface area (TPSA) is 34.0 Å². The van der Waals surface area contributed by atoms with E-state index in [1.807, 2.05) is 24.4 Å². The Morgan fingerprint density at radius 2 is 2.42 bits per heavy atom. The number of rotatable bonds is 0. The zero-order valence-corrected chi connectivity index (χ0v) is 6.27. The summed E-state index contributed by atoms with van der Waals surface area (Å²) in [6, 6.07) is 0. The van der Waals surface area contributed by atoms with E-state index in [1.54, 1.807) is 6.21 Å². The molecule has 0 fully saturated rings. The first-order valence-corrected chi connectivity index (χ1v) is 3.81. The Balaban J connectivity index is 2.22. The molecule has 1 aliphatic carbocycles. The molecule has 58 valence electrons. The van der Waals surface area contributed by atoms with Crippen LogP contribution in [0.4, 0.5) is 0 Å². The molecule has 1 atom stereocenters. The molecule has 0 amide bonds. The van der Waals surface area contributed by atoms with Crippen LogP contribution in [-0.4, -0.2) is 11.9 Å². The summed E-state index contributed by atoms with van der Waals surface area (Å²) in [4.78, 5) is 9.20. The van der Waals surface area contributed by atoms with Crippen molar-refractivity contribution in [3.63, 3.8) is 0 Å². The first kappa shape index (κ1) is 5.94. The number of aliphatic imine (C=N–C) groups is 1. The van der Waals surface area contributed by atoms with Gasteiger partial charge in [0, 0.05) is 6.20 Å². The van der Waals surface area contributed by atoms with Crippen molar-refractivity contribution in [1.29, 1.82) is 0 Å². The molecular formula is C9H6N2O. The molecule has 3 rings (SSSR count). The number of hydrogen-bond acceptors (Lipinski definition) is 3. The summed E-state index contributed by atoms with van der Waals surface area (Å²) >= 11 is 0. The lowest BCUT2D eigenvalue weighted by Gasteiger charge is -2.15. The van der Waals surface area contributed by atoms with E-state index in [0.29, 0.717) is 0 Å². The minimum Gasteiger partial charge on any atom is -0.360 e. The van der Waals surface area contributed by atoms with Crippen molar-refractivity contribution in [3.05, 3.63) is 35.8 Å². The molecule has 2 aliphatic heterocycles. The summed E-state index contributed by atoms with van der Waals surface area (Å²) in [5.74, 6) is 1.12. The molecule has 12 heavy (non-hydrogen) atoms. The molecule has 0 saturated carbocycles. The van der Waals surface area contributed by atoms with E-state index in [1.165, 1.54) is 0 Å². The predicted octanol–water partition coefficient (Wildman–Crippen LogP) is 1.41. The van der Waals surface area contributed by atoms with E-state index in [0.717, 1.165) is 17.0 Å². The van der Waals surface area contributed by atoms with E-state index < -0.39 is 0 Å². The van der Waals surface area contributed by atoms with E-state index in [-0.39, 0.29) is 5.92 Å².